The molecule has 1 unspecified atom stereocenters. The minimum absolute atomic E-state index is 0.414. The average molecular weight is 415 g/mol. The summed E-state index contributed by atoms with van der Waals surface area (Å²) in [5, 5.41) is -0.998. The van der Waals surface area contributed by atoms with Crippen molar-refractivity contribution in [1.82, 2.24) is 9.88 Å². The minimum Gasteiger partial charge on any atom is -0.274 e. The largest absolute Gasteiger partial charge is 0.295 e. The van der Waals surface area contributed by atoms with E-state index >= 15 is 0 Å². The van der Waals surface area contributed by atoms with E-state index < -0.39 is 22.3 Å². The molecule has 0 spiro atoms. The van der Waals surface area contributed by atoms with E-state index in [0.717, 1.165) is 51.4 Å². The molecule has 2 heterocycles. The predicted molar refractivity (Wildman–Crippen MR) is 112 cm³/mol. The van der Waals surface area contributed by atoms with Crippen molar-refractivity contribution >= 4 is 40.6 Å². The fourth-order valence-corrected chi connectivity index (χ4v) is 4.82. The van der Waals surface area contributed by atoms with E-state index in [4.69, 9.17) is 0 Å². The Morgan fingerprint density at radius 2 is 1.86 bits per heavy atom. The maximum absolute atomic E-state index is 12.2. The molecule has 0 bridgehead atoms. The Morgan fingerprint density at radius 3 is 2.43 bits per heavy atom. The Balaban J connectivity index is 1.50. The summed E-state index contributed by atoms with van der Waals surface area (Å²) in [6.45, 7) is 3.35. The fourth-order valence-electron chi connectivity index (χ4n) is 2.89. The SMILES string of the molecule is CCc1ccc(CCSc2ccc(CC3SC(=O)N(C(C)=O)C3=O)cc2)nc1. The molecule has 146 valence electrons. The second-order valence-corrected chi connectivity index (χ2v) is 8.85. The van der Waals surface area contributed by atoms with Crippen molar-refractivity contribution in [2.75, 3.05) is 5.75 Å². The van der Waals surface area contributed by atoms with E-state index in [1.165, 1.54) is 12.5 Å². The van der Waals surface area contributed by atoms with Crippen molar-refractivity contribution in [1.29, 1.82) is 0 Å². The molecule has 28 heavy (non-hydrogen) atoms. The summed E-state index contributed by atoms with van der Waals surface area (Å²) in [5.74, 6) is 0.00902. The van der Waals surface area contributed by atoms with Gasteiger partial charge >= 0.3 is 0 Å². The molecule has 0 saturated carbocycles. The molecule has 1 aromatic carbocycles. The highest BCUT2D eigenvalue weighted by atomic mass is 32.2. The first-order chi connectivity index (χ1) is 13.5. The van der Waals surface area contributed by atoms with Crippen molar-refractivity contribution in [3.05, 3.63) is 59.4 Å². The number of hydrogen-bond acceptors (Lipinski definition) is 6. The standard InChI is InChI=1S/C21H22N2O3S2/c1-3-15-4-7-17(22-13-15)10-11-27-18-8-5-16(6-9-18)12-19-20(25)23(14(2)24)21(26)28-19/h4-9,13,19H,3,10-12H2,1-2H3. The van der Waals surface area contributed by atoms with Crippen LogP contribution in [0.25, 0.3) is 0 Å². The molecule has 1 fully saturated rings. The summed E-state index contributed by atoms with van der Waals surface area (Å²) in [6.07, 6.45) is 4.29. The van der Waals surface area contributed by atoms with Crippen LogP contribution < -0.4 is 0 Å². The Hall–Kier alpha value is -2.12. The molecule has 3 amide bonds. The number of amides is 3. The van der Waals surface area contributed by atoms with E-state index in [0.29, 0.717) is 6.42 Å². The minimum atomic E-state index is -0.521. The number of thioether (sulfide) groups is 2. The lowest BCUT2D eigenvalue weighted by molar-refractivity contribution is -0.138. The summed E-state index contributed by atoms with van der Waals surface area (Å²) in [7, 11) is 0. The normalized spacial score (nSPS) is 16.6. The van der Waals surface area contributed by atoms with Crippen LogP contribution in [-0.4, -0.2) is 37.9 Å². The van der Waals surface area contributed by atoms with Crippen LogP contribution in [0, 0.1) is 0 Å². The summed E-state index contributed by atoms with van der Waals surface area (Å²) in [4.78, 5) is 41.8. The number of carbonyl (C=O) groups excluding carboxylic acids is 3. The van der Waals surface area contributed by atoms with Crippen LogP contribution in [0.4, 0.5) is 4.79 Å². The number of benzene rings is 1. The zero-order valence-electron chi connectivity index (χ0n) is 15.9. The molecule has 1 aromatic heterocycles. The Morgan fingerprint density at radius 1 is 1.14 bits per heavy atom. The molecule has 1 atom stereocenters. The second-order valence-electron chi connectivity index (χ2n) is 6.52. The third kappa shape index (κ3) is 5.02. The van der Waals surface area contributed by atoms with Gasteiger partial charge in [-0.15, -0.1) is 11.8 Å². The number of aryl methyl sites for hydroxylation is 2. The number of aromatic nitrogens is 1. The molecule has 5 nitrogen and oxygen atoms in total. The average Bonchev–Trinajstić information content (AvgIpc) is 2.97. The molecule has 7 heteroatoms. The lowest BCUT2D eigenvalue weighted by Gasteiger charge is -2.09. The maximum atomic E-state index is 12.2. The number of imide groups is 3. The quantitative estimate of drug-likeness (QED) is 0.635. The van der Waals surface area contributed by atoms with Gasteiger partial charge in [-0.1, -0.05) is 36.9 Å². The van der Waals surface area contributed by atoms with Gasteiger partial charge in [0.25, 0.3) is 11.1 Å². The van der Waals surface area contributed by atoms with E-state index in [1.54, 1.807) is 11.8 Å². The van der Waals surface area contributed by atoms with Gasteiger partial charge in [0, 0.05) is 29.5 Å². The van der Waals surface area contributed by atoms with Crippen molar-refractivity contribution in [2.45, 2.75) is 43.3 Å². The Labute approximate surface area is 173 Å². The molecule has 0 radical (unpaired) electrons. The van der Waals surface area contributed by atoms with Crippen molar-refractivity contribution in [2.24, 2.45) is 0 Å². The highest BCUT2D eigenvalue weighted by Gasteiger charge is 2.41. The first-order valence-electron chi connectivity index (χ1n) is 9.18. The molecular weight excluding hydrogens is 392 g/mol. The third-order valence-electron chi connectivity index (χ3n) is 4.50. The maximum Gasteiger partial charge on any atom is 0.295 e. The van der Waals surface area contributed by atoms with Crippen molar-refractivity contribution in [3.8, 4) is 0 Å². The number of pyridine rings is 1. The zero-order chi connectivity index (χ0) is 20.1. The molecule has 2 aromatic rings. The van der Waals surface area contributed by atoms with Crippen LogP contribution >= 0.6 is 23.5 Å². The summed E-state index contributed by atoms with van der Waals surface area (Å²) in [6, 6.07) is 12.2. The van der Waals surface area contributed by atoms with Gasteiger partial charge in [0.2, 0.25) is 5.91 Å². The number of rotatable bonds is 7. The van der Waals surface area contributed by atoms with Gasteiger partial charge in [-0.25, -0.2) is 4.90 Å². The predicted octanol–water partition coefficient (Wildman–Crippen LogP) is 4.13. The topological polar surface area (TPSA) is 67.3 Å². The molecule has 0 N–H and O–H groups in total. The van der Waals surface area contributed by atoms with Crippen LogP contribution in [0.5, 0.6) is 0 Å². The zero-order valence-corrected chi connectivity index (χ0v) is 17.5. The molecule has 1 aliphatic heterocycles. The van der Waals surface area contributed by atoms with Gasteiger partial charge in [0.15, 0.2) is 0 Å². The van der Waals surface area contributed by atoms with Crippen LogP contribution in [0.1, 0.15) is 30.7 Å². The molecule has 3 rings (SSSR count). The van der Waals surface area contributed by atoms with Gasteiger partial charge < -0.3 is 0 Å². The van der Waals surface area contributed by atoms with Crippen LogP contribution in [0.3, 0.4) is 0 Å². The van der Waals surface area contributed by atoms with Crippen LogP contribution in [-0.2, 0) is 28.9 Å². The molecule has 1 aliphatic rings. The molecule has 0 aliphatic carbocycles. The molecule has 1 saturated heterocycles. The Bertz CT molecular complexity index is 866. The highest BCUT2D eigenvalue weighted by molar-refractivity contribution is 8.15. The van der Waals surface area contributed by atoms with Crippen molar-refractivity contribution in [3.63, 3.8) is 0 Å². The number of hydrogen-bond donors (Lipinski definition) is 0. The van der Waals surface area contributed by atoms with E-state index in [-0.39, 0.29) is 0 Å². The van der Waals surface area contributed by atoms with Crippen molar-refractivity contribution < 1.29 is 14.4 Å². The van der Waals surface area contributed by atoms with Gasteiger partial charge in [-0.3, -0.25) is 19.4 Å². The monoisotopic (exact) mass is 414 g/mol. The van der Waals surface area contributed by atoms with Gasteiger partial charge in [0.1, 0.15) is 0 Å². The smallest absolute Gasteiger partial charge is 0.274 e. The van der Waals surface area contributed by atoms with Crippen LogP contribution in [0.15, 0.2) is 47.5 Å². The van der Waals surface area contributed by atoms with E-state index in [2.05, 4.69) is 24.0 Å². The number of nitrogens with zero attached hydrogens (tertiary/aromatic N) is 2. The first-order valence-corrected chi connectivity index (χ1v) is 11.0. The first kappa shape index (κ1) is 20.6. The summed E-state index contributed by atoms with van der Waals surface area (Å²) < 4.78 is 0. The lowest BCUT2D eigenvalue weighted by Crippen LogP contribution is -2.35. The van der Waals surface area contributed by atoms with Crippen LogP contribution in [0.2, 0.25) is 0 Å². The van der Waals surface area contributed by atoms with E-state index in [9.17, 15) is 14.4 Å². The van der Waals surface area contributed by atoms with E-state index in [1.807, 2.05) is 30.5 Å². The fraction of sp³-hybridized carbons (Fsp3) is 0.333. The van der Waals surface area contributed by atoms with Gasteiger partial charge in [-0.05, 0) is 48.6 Å². The second kappa shape index (κ2) is 9.39. The summed E-state index contributed by atoms with van der Waals surface area (Å²) in [5.41, 5.74) is 3.32. The number of carbonyl (C=O) groups is 3. The summed E-state index contributed by atoms with van der Waals surface area (Å²) >= 11 is 2.69. The van der Waals surface area contributed by atoms with Gasteiger partial charge in [-0.2, -0.15) is 0 Å². The lowest BCUT2D eigenvalue weighted by atomic mass is 10.1. The van der Waals surface area contributed by atoms with Gasteiger partial charge in [0.05, 0.1) is 5.25 Å². The molecular formula is C21H22N2O3S2. The Kier molecular flexibility index (Phi) is 6.91. The highest BCUT2D eigenvalue weighted by Crippen LogP contribution is 2.30. The third-order valence-corrected chi connectivity index (χ3v) is 6.55.